The summed E-state index contributed by atoms with van der Waals surface area (Å²) in [6, 6.07) is 0. The molecule has 4 nitrogen and oxygen atoms in total. The van der Waals surface area contributed by atoms with Crippen LogP contribution in [0, 0.1) is 166 Å². The molecule has 0 unspecified atom stereocenters. The summed E-state index contributed by atoms with van der Waals surface area (Å²) < 4.78 is 0. The number of carbonyl (C=O) groups excluding carboxylic acids is 1. The Morgan fingerprint density at radius 1 is 0.234 bits per heavy atom. The highest BCUT2D eigenvalue weighted by molar-refractivity contribution is 6.06. The maximum absolute atomic E-state index is 11.6. The molecule has 0 saturated carbocycles. The van der Waals surface area contributed by atoms with Gasteiger partial charge in [-0.2, -0.15) is 0 Å². The number of aldehydes is 1. The highest BCUT2D eigenvalue weighted by atomic mass is 16.3. The molecule has 4 heteroatoms. The molecule has 0 radical (unpaired) electrons. The van der Waals surface area contributed by atoms with Crippen LogP contribution in [0.15, 0.2) is 0 Å². The maximum atomic E-state index is 11.6. The SMILES string of the molecule is Cc1c(C)c(C)c(CO)c(C)c1C.Cc1c(C)c(C)c(CO)c(C)c1C.Cc1c(C)c(C)c2c(C)c(CO)c(C)c(C)c2c1C.Cc1c(C)c(C)c2c(C=O)c(C)c(C)c(C)c2c1C. The van der Waals surface area contributed by atoms with Crippen molar-refractivity contribution in [3.05, 3.63) is 156 Å². The average molecular weight is 867 g/mol. The third-order valence-electron chi connectivity index (χ3n) is 16.7. The van der Waals surface area contributed by atoms with Crippen molar-refractivity contribution in [2.24, 2.45) is 0 Å². The smallest absolute Gasteiger partial charge is 0.150 e. The van der Waals surface area contributed by atoms with Gasteiger partial charge in [-0.3, -0.25) is 4.79 Å². The molecule has 0 aliphatic rings. The van der Waals surface area contributed by atoms with Crippen LogP contribution in [-0.4, -0.2) is 21.6 Å². The number of aliphatic hydroxyl groups is 3. The van der Waals surface area contributed by atoms with Crippen molar-refractivity contribution in [2.75, 3.05) is 0 Å². The Bertz CT molecular complexity index is 2670. The van der Waals surface area contributed by atoms with E-state index < -0.39 is 0 Å². The zero-order chi connectivity index (χ0) is 49.3. The molecular formula is C60H82O4. The summed E-state index contributed by atoms with van der Waals surface area (Å²) in [7, 11) is 0. The first-order valence-electron chi connectivity index (χ1n) is 23.0. The molecule has 64 heavy (non-hydrogen) atoms. The highest BCUT2D eigenvalue weighted by Crippen LogP contribution is 2.38. The van der Waals surface area contributed by atoms with Gasteiger partial charge in [0, 0.05) is 5.56 Å². The predicted octanol–water partition coefficient (Wildman–Crippen LogP) is 14.7. The molecule has 0 fully saturated rings. The van der Waals surface area contributed by atoms with Crippen LogP contribution in [0.2, 0.25) is 0 Å². The Kier molecular flexibility index (Phi) is 17.7. The monoisotopic (exact) mass is 867 g/mol. The second kappa shape index (κ2) is 21.1. The number of aryl methyl sites for hydroxylation is 7. The van der Waals surface area contributed by atoms with Crippen molar-refractivity contribution >= 4 is 27.8 Å². The number of aliphatic hydroxyl groups excluding tert-OH is 3. The lowest BCUT2D eigenvalue weighted by Crippen LogP contribution is -2.03. The van der Waals surface area contributed by atoms with Crippen LogP contribution in [0.5, 0.6) is 0 Å². The number of fused-ring (bicyclic) bond motifs is 2. The van der Waals surface area contributed by atoms with Crippen molar-refractivity contribution < 1.29 is 20.1 Å². The lowest BCUT2D eigenvalue weighted by Gasteiger charge is -2.22. The van der Waals surface area contributed by atoms with E-state index >= 15 is 0 Å². The van der Waals surface area contributed by atoms with Gasteiger partial charge in [0.25, 0.3) is 0 Å². The van der Waals surface area contributed by atoms with E-state index in [0.29, 0.717) is 0 Å². The van der Waals surface area contributed by atoms with E-state index in [2.05, 4.69) is 166 Å². The first kappa shape index (κ1) is 53.7. The minimum absolute atomic E-state index is 0.125. The van der Waals surface area contributed by atoms with Crippen LogP contribution in [0.3, 0.4) is 0 Å². The second-order valence-electron chi connectivity index (χ2n) is 18.9. The third kappa shape index (κ3) is 9.39. The van der Waals surface area contributed by atoms with Crippen LogP contribution in [0.4, 0.5) is 0 Å². The van der Waals surface area contributed by atoms with Gasteiger partial charge in [0.15, 0.2) is 6.29 Å². The Morgan fingerprint density at radius 3 is 0.688 bits per heavy atom. The van der Waals surface area contributed by atoms with Crippen molar-refractivity contribution in [1.29, 1.82) is 0 Å². The highest BCUT2D eigenvalue weighted by Gasteiger charge is 2.20. The fourth-order valence-electron chi connectivity index (χ4n) is 10.1. The van der Waals surface area contributed by atoms with Crippen LogP contribution in [0.25, 0.3) is 21.5 Å². The molecule has 0 aliphatic carbocycles. The predicted molar refractivity (Wildman–Crippen MR) is 278 cm³/mol. The van der Waals surface area contributed by atoms with Crippen LogP contribution in [0.1, 0.15) is 161 Å². The summed E-state index contributed by atoms with van der Waals surface area (Å²) in [5, 5.41) is 33.3. The van der Waals surface area contributed by atoms with E-state index in [1.807, 2.05) is 0 Å². The fraction of sp³-hybridized carbons (Fsp3) is 0.450. The van der Waals surface area contributed by atoms with Crippen molar-refractivity contribution in [1.82, 2.24) is 0 Å². The van der Waals surface area contributed by atoms with Gasteiger partial charge in [0.2, 0.25) is 0 Å². The molecule has 3 N–H and O–H groups in total. The van der Waals surface area contributed by atoms with Crippen molar-refractivity contribution in [3.63, 3.8) is 0 Å². The first-order valence-corrected chi connectivity index (χ1v) is 23.0. The minimum atomic E-state index is 0.125. The number of rotatable bonds is 4. The topological polar surface area (TPSA) is 77.8 Å². The van der Waals surface area contributed by atoms with Crippen LogP contribution in [-0.2, 0) is 19.8 Å². The summed E-state index contributed by atoms with van der Waals surface area (Å²) >= 11 is 0. The van der Waals surface area contributed by atoms with E-state index in [4.69, 9.17) is 0 Å². The molecule has 6 aromatic rings. The van der Waals surface area contributed by atoms with Gasteiger partial charge >= 0.3 is 0 Å². The molecule has 0 saturated heterocycles. The number of hydrogen-bond donors (Lipinski definition) is 3. The minimum Gasteiger partial charge on any atom is -0.392 e. The summed E-state index contributed by atoms with van der Waals surface area (Å²) in [4.78, 5) is 11.6. The molecule has 0 spiro atoms. The van der Waals surface area contributed by atoms with Gasteiger partial charge in [0.1, 0.15) is 0 Å². The Hall–Kier alpha value is -4.61. The van der Waals surface area contributed by atoms with Gasteiger partial charge in [-0.1, -0.05) is 0 Å². The summed E-state index contributed by atoms with van der Waals surface area (Å²) in [6.07, 6.45) is 1.02. The third-order valence-corrected chi connectivity index (χ3v) is 16.7. The molecule has 0 amide bonds. The quantitative estimate of drug-likeness (QED) is 0.154. The summed E-state index contributed by atoms with van der Waals surface area (Å²) in [6.45, 7) is 51.8. The lowest BCUT2D eigenvalue weighted by atomic mass is 9.83. The Morgan fingerprint density at radius 2 is 0.406 bits per heavy atom. The van der Waals surface area contributed by atoms with Crippen LogP contribution < -0.4 is 0 Å². The van der Waals surface area contributed by atoms with Gasteiger partial charge in [-0.05, 0) is 338 Å². The van der Waals surface area contributed by atoms with Crippen molar-refractivity contribution in [2.45, 2.75) is 186 Å². The molecule has 0 aliphatic heterocycles. The largest absolute Gasteiger partial charge is 0.392 e. The van der Waals surface area contributed by atoms with E-state index in [0.717, 1.165) is 39.5 Å². The van der Waals surface area contributed by atoms with Gasteiger partial charge in [-0.15, -0.1) is 0 Å². The number of carbonyl (C=O) groups is 1. The molecule has 0 bridgehead atoms. The van der Waals surface area contributed by atoms with Crippen molar-refractivity contribution in [3.8, 4) is 0 Å². The summed E-state index contributed by atoms with van der Waals surface area (Å²) in [5.74, 6) is 0. The molecular weight excluding hydrogens is 785 g/mol. The Labute approximate surface area is 388 Å². The van der Waals surface area contributed by atoms with Crippen LogP contribution >= 0.6 is 0 Å². The lowest BCUT2D eigenvalue weighted by molar-refractivity contribution is 0.112. The van der Waals surface area contributed by atoms with E-state index in [-0.39, 0.29) is 19.8 Å². The average Bonchev–Trinajstić information content (AvgIpc) is 3.27. The zero-order valence-corrected chi connectivity index (χ0v) is 44.4. The normalized spacial score (nSPS) is 11.0. The molecule has 346 valence electrons. The maximum Gasteiger partial charge on any atom is 0.150 e. The Balaban J connectivity index is 0.000000231. The van der Waals surface area contributed by atoms with E-state index in [1.54, 1.807) is 0 Å². The molecule has 0 aromatic heterocycles. The van der Waals surface area contributed by atoms with Gasteiger partial charge in [0.05, 0.1) is 19.8 Å². The first-order chi connectivity index (χ1) is 29.7. The molecule has 0 heterocycles. The van der Waals surface area contributed by atoms with Gasteiger partial charge < -0.3 is 15.3 Å². The van der Waals surface area contributed by atoms with Gasteiger partial charge in [-0.25, -0.2) is 0 Å². The summed E-state index contributed by atoms with van der Waals surface area (Å²) in [5.41, 5.74) is 35.2. The number of benzene rings is 6. The fourth-order valence-corrected chi connectivity index (χ4v) is 10.1. The molecule has 0 atom stereocenters. The zero-order valence-electron chi connectivity index (χ0n) is 44.4. The number of hydrogen-bond acceptors (Lipinski definition) is 4. The standard InChI is InChI=1S/C18H22O.C18H24O.2C12H18O/c1-9-10(2)15(7)18-16(8-19)12(4)11(3)14(6)17(18)13(9)5;1-9-10(2)13(5)18-15(7)16(8-19)11(3)14(6)17(18)12(9)4;2*1-7-8(2)10(4)12(6-13)11(5)9(7)3/h8H,1-7H3;19H,8H2,1-7H3;2*13H,6H2,1-5H3. The molecule has 6 rings (SSSR count). The van der Waals surface area contributed by atoms with E-state index in [9.17, 15) is 20.1 Å². The second-order valence-corrected chi connectivity index (χ2v) is 18.9. The molecule has 6 aromatic carbocycles. The van der Waals surface area contributed by atoms with E-state index in [1.165, 1.54) is 144 Å².